The van der Waals surface area contributed by atoms with Gasteiger partial charge in [-0.15, -0.1) is 5.10 Å². The minimum Gasteiger partial charge on any atom is -0.341 e. The molecule has 3 heterocycles. The molecule has 160 valence electrons. The predicted molar refractivity (Wildman–Crippen MR) is 113 cm³/mol. The van der Waals surface area contributed by atoms with E-state index in [0.29, 0.717) is 24.8 Å². The Morgan fingerprint density at radius 1 is 1.17 bits per heavy atom. The number of carbonyl (C=O) groups is 2. The van der Waals surface area contributed by atoms with Crippen LogP contribution in [0.1, 0.15) is 50.4 Å². The number of amides is 2. The van der Waals surface area contributed by atoms with E-state index >= 15 is 0 Å². The predicted octanol–water partition coefficient (Wildman–Crippen LogP) is 2.69. The third kappa shape index (κ3) is 4.55. The van der Waals surface area contributed by atoms with Crippen LogP contribution in [0.25, 0.3) is 0 Å². The second kappa shape index (κ2) is 8.98. The van der Waals surface area contributed by atoms with E-state index in [1.165, 1.54) is 5.56 Å². The van der Waals surface area contributed by atoms with Gasteiger partial charge < -0.3 is 9.80 Å². The summed E-state index contributed by atoms with van der Waals surface area (Å²) in [6.07, 6.45) is 5.50. The quantitative estimate of drug-likeness (QED) is 0.735. The van der Waals surface area contributed by atoms with Gasteiger partial charge in [0.05, 0.1) is 18.4 Å². The number of carbonyl (C=O) groups excluding carboxylic acids is 2. The Morgan fingerprint density at radius 2 is 1.90 bits per heavy atom. The molecular formula is C23H31N5O2. The van der Waals surface area contributed by atoms with Crippen LogP contribution in [0.5, 0.6) is 0 Å². The molecule has 0 saturated carbocycles. The zero-order chi connectivity index (χ0) is 21.1. The van der Waals surface area contributed by atoms with Crippen molar-refractivity contribution in [3.63, 3.8) is 0 Å². The lowest BCUT2D eigenvalue weighted by Crippen LogP contribution is -2.49. The summed E-state index contributed by atoms with van der Waals surface area (Å²) in [5.41, 5.74) is 2.26. The number of hydrogen-bond donors (Lipinski definition) is 0. The zero-order valence-corrected chi connectivity index (χ0v) is 17.9. The maximum Gasteiger partial charge on any atom is 0.248 e. The van der Waals surface area contributed by atoms with Gasteiger partial charge in [-0.2, -0.15) is 0 Å². The minimum absolute atomic E-state index is 0.0194. The van der Waals surface area contributed by atoms with Gasteiger partial charge in [0.15, 0.2) is 0 Å². The van der Waals surface area contributed by atoms with Crippen LogP contribution in [-0.2, 0) is 22.6 Å². The average molecular weight is 410 g/mol. The fourth-order valence-electron chi connectivity index (χ4n) is 4.61. The molecule has 1 fully saturated rings. The number of likely N-dealkylation sites (tertiary alicyclic amines) is 1. The van der Waals surface area contributed by atoms with E-state index in [1.54, 1.807) is 15.8 Å². The molecule has 0 bridgehead atoms. The Morgan fingerprint density at radius 3 is 2.60 bits per heavy atom. The molecule has 0 aliphatic carbocycles. The van der Waals surface area contributed by atoms with Crippen LogP contribution < -0.4 is 0 Å². The molecule has 0 N–H and O–H groups in total. The number of nitrogens with zero attached hydrogens (tertiary/aromatic N) is 5. The first-order valence-electron chi connectivity index (χ1n) is 11.0. The summed E-state index contributed by atoms with van der Waals surface area (Å²) >= 11 is 0. The normalized spacial score (nSPS) is 20.0. The second-order valence-electron chi connectivity index (χ2n) is 9.02. The first kappa shape index (κ1) is 20.6. The van der Waals surface area contributed by atoms with Gasteiger partial charge in [0, 0.05) is 13.1 Å². The number of benzene rings is 1. The van der Waals surface area contributed by atoms with Crippen molar-refractivity contribution in [1.29, 1.82) is 0 Å². The van der Waals surface area contributed by atoms with Crippen LogP contribution in [0, 0.1) is 11.8 Å². The Kier molecular flexibility index (Phi) is 6.16. The Labute approximate surface area is 178 Å². The Bertz CT molecular complexity index is 871. The Hall–Kier alpha value is -2.70. The lowest BCUT2D eigenvalue weighted by atomic mass is 9.90. The highest BCUT2D eigenvalue weighted by molar-refractivity contribution is 5.87. The molecule has 0 unspecified atom stereocenters. The van der Waals surface area contributed by atoms with Crippen LogP contribution >= 0.6 is 0 Å². The van der Waals surface area contributed by atoms with Crippen LogP contribution in [0.4, 0.5) is 0 Å². The summed E-state index contributed by atoms with van der Waals surface area (Å²) in [5.74, 6) is 0.999. The molecule has 30 heavy (non-hydrogen) atoms. The summed E-state index contributed by atoms with van der Waals surface area (Å²) in [4.78, 5) is 29.6. The smallest absolute Gasteiger partial charge is 0.248 e. The average Bonchev–Trinajstić information content (AvgIpc) is 3.20. The molecule has 2 aromatic rings. The molecule has 7 heteroatoms. The Balaban J connectivity index is 1.33. The highest BCUT2D eigenvalue weighted by Crippen LogP contribution is 2.27. The first-order valence-corrected chi connectivity index (χ1v) is 11.0. The van der Waals surface area contributed by atoms with Crippen molar-refractivity contribution in [1.82, 2.24) is 24.8 Å². The third-order valence-electron chi connectivity index (χ3n) is 6.25. The van der Waals surface area contributed by atoms with Crippen LogP contribution in [0.15, 0.2) is 36.5 Å². The van der Waals surface area contributed by atoms with Gasteiger partial charge in [0.1, 0.15) is 12.6 Å². The van der Waals surface area contributed by atoms with Crippen molar-refractivity contribution in [2.75, 3.05) is 19.6 Å². The van der Waals surface area contributed by atoms with Gasteiger partial charge >= 0.3 is 0 Å². The SMILES string of the molecule is CC(C)C[C@H]1C(=O)N(CC(=O)N2CCC(Cc3ccccc3)CC2)Cc2cnnn21. The molecule has 0 spiro atoms. The fourth-order valence-corrected chi connectivity index (χ4v) is 4.61. The largest absolute Gasteiger partial charge is 0.341 e. The standard InChI is InChI=1S/C23H31N5O2/c1-17(2)12-21-23(30)27(15-20-14-24-25-28(20)21)16-22(29)26-10-8-19(9-11-26)13-18-6-4-3-5-7-18/h3-7,14,17,19,21H,8-13,15-16H2,1-2H3/t21-/m0/s1. The van der Waals surface area contributed by atoms with E-state index in [2.05, 4.69) is 48.4 Å². The molecule has 4 rings (SSSR count). The molecule has 1 aromatic carbocycles. The van der Waals surface area contributed by atoms with Gasteiger partial charge in [-0.05, 0) is 43.1 Å². The molecule has 1 atom stereocenters. The van der Waals surface area contributed by atoms with Gasteiger partial charge in [-0.25, -0.2) is 4.68 Å². The lowest BCUT2D eigenvalue weighted by Gasteiger charge is -2.36. The number of fused-ring (bicyclic) bond motifs is 1. The van der Waals surface area contributed by atoms with Crippen LogP contribution in [0.2, 0.25) is 0 Å². The number of rotatable bonds is 6. The summed E-state index contributed by atoms with van der Waals surface area (Å²) < 4.78 is 1.73. The topological polar surface area (TPSA) is 71.3 Å². The van der Waals surface area contributed by atoms with Crippen molar-refractivity contribution < 1.29 is 9.59 Å². The number of piperidine rings is 1. The molecule has 2 aliphatic heterocycles. The summed E-state index contributed by atoms with van der Waals surface area (Å²) in [6.45, 7) is 6.26. The van der Waals surface area contributed by atoms with E-state index in [4.69, 9.17) is 0 Å². The fraction of sp³-hybridized carbons (Fsp3) is 0.565. The molecule has 2 aliphatic rings. The minimum atomic E-state index is -0.361. The van der Waals surface area contributed by atoms with Crippen molar-refractivity contribution in [3.05, 3.63) is 47.8 Å². The van der Waals surface area contributed by atoms with Gasteiger partial charge in [0.2, 0.25) is 11.8 Å². The third-order valence-corrected chi connectivity index (χ3v) is 6.25. The maximum atomic E-state index is 13.1. The summed E-state index contributed by atoms with van der Waals surface area (Å²) in [5, 5.41) is 8.09. The van der Waals surface area contributed by atoms with Gasteiger partial charge in [-0.1, -0.05) is 49.4 Å². The molecule has 1 saturated heterocycles. The summed E-state index contributed by atoms with van der Waals surface area (Å²) in [6, 6.07) is 10.2. The van der Waals surface area contributed by atoms with Gasteiger partial charge in [0.25, 0.3) is 0 Å². The van der Waals surface area contributed by atoms with Crippen molar-refractivity contribution in [2.24, 2.45) is 11.8 Å². The maximum absolute atomic E-state index is 13.1. The van der Waals surface area contributed by atoms with E-state index < -0.39 is 0 Å². The number of hydrogen-bond acceptors (Lipinski definition) is 4. The van der Waals surface area contributed by atoms with Crippen LogP contribution in [0.3, 0.4) is 0 Å². The van der Waals surface area contributed by atoms with Crippen LogP contribution in [-0.4, -0.2) is 56.2 Å². The second-order valence-corrected chi connectivity index (χ2v) is 9.02. The molecular weight excluding hydrogens is 378 g/mol. The lowest BCUT2D eigenvalue weighted by molar-refractivity contribution is -0.145. The highest BCUT2D eigenvalue weighted by atomic mass is 16.2. The highest BCUT2D eigenvalue weighted by Gasteiger charge is 2.36. The first-order chi connectivity index (χ1) is 14.5. The molecule has 0 radical (unpaired) electrons. The monoisotopic (exact) mass is 409 g/mol. The van der Waals surface area contributed by atoms with Gasteiger partial charge in [-0.3, -0.25) is 9.59 Å². The summed E-state index contributed by atoms with van der Waals surface area (Å²) in [7, 11) is 0. The van der Waals surface area contributed by atoms with E-state index in [-0.39, 0.29) is 24.4 Å². The van der Waals surface area contributed by atoms with Crippen molar-refractivity contribution in [3.8, 4) is 0 Å². The number of aromatic nitrogens is 3. The van der Waals surface area contributed by atoms with E-state index in [0.717, 1.165) is 38.0 Å². The van der Waals surface area contributed by atoms with E-state index in [9.17, 15) is 9.59 Å². The molecule has 1 aromatic heterocycles. The van der Waals surface area contributed by atoms with Crippen molar-refractivity contribution >= 4 is 11.8 Å². The molecule has 2 amide bonds. The van der Waals surface area contributed by atoms with Crippen molar-refractivity contribution in [2.45, 2.75) is 52.1 Å². The van der Waals surface area contributed by atoms with E-state index in [1.807, 2.05) is 11.0 Å². The zero-order valence-electron chi connectivity index (χ0n) is 17.9. The molecule has 7 nitrogen and oxygen atoms in total.